The number of carbonyl (C=O) groups excluding carboxylic acids is 3. The van der Waals surface area contributed by atoms with Gasteiger partial charge in [0.2, 0.25) is 5.91 Å². The number of methoxy groups -OCH3 is 3. The van der Waals surface area contributed by atoms with Gasteiger partial charge in [0.25, 0.3) is 11.8 Å². The summed E-state index contributed by atoms with van der Waals surface area (Å²) in [6.45, 7) is 3.68. The summed E-state index contributed by atoms with van der Waals surface area (Å²) < 4.78 is 16.3. The smallest absolute Gasteiger partial charge is 0.272 e. The van der Waals surface area contributed by atoms with Gasteiger partial charge in [-0.2, -0.15) is 0 Å². The van der Waals surface area contributed by atoms with E-state index in [4.69, 9.17) is 25.8 Å². The Hall–Kier alpha value is -4.93. The average molecular weight is 660 g/mol. The van der Waals surface area contributed by atoms with Gasteiger partial charge < -0.3 is 30.2 Å². The van der Waals surface area contributed by atoms with Crippen molar-refractivity contribution in [3.8, 4) is 17.2 Å². The van der Waals surface area contributed by atoms with E-state index in [1.54, 1.807) is 79.7 Å². The zero-order valence-electron chi connectivity index (χ0n) is 26.0. The quantitative estimate of drug-likeness (QED) is 0.109. The van der Waals surface area contributed by atoms with Crippen LogP contribution in [-0.4, -0.2) is 44.3 Å². The molecular weight excluding hydrogens is 626 g/mol. The van der Waals surface area contributed by atoms with Crippen molar-refractivity contribution < 1.29 is 28.6 Å². The van der Waals surface area contributed by atoms with Crippen LogP contribution in [0, 0.1) is 6.92 Å². The van der Waals surface area contributed by atoms with Gasteiger partial charge in [0, 0.05) is 38.5 Å². The highest BCUT2D eigenvalue weighted by molar-refractivity contribution is 8.00. The van der Waals surface area contributed by atoms with E-state index >= 15 is 0 Å². The van der Waals surface area contributed by atoms with E-state index in [0.717, 1.165) is 10.5 Å². The third-order valence-electron chi connectivity index (χ3n) is 6.80. The van der Waals surface area contributed by atoms with Crippen LogP contribution in [0.3, 0.4) is 0 Å². The van der Waals surface area contributed by atoms with E-state index in [1.807, 2.05) is 19.1 Å². The lowest BCUT2D eigenvalue weighted by molar-refractivity contribution is -0.115. The monoisotopic (exact) mass is 659 g/mol. The lowest BCUT2D eigenvalue weighted by Crippen LogP contribution is -2.30. The second-order valence-electron chi connectivity index (χ2n) is 10.0. The van der Waals surface area contributed by atoms with Gasteiger partial charge >= 0.3 is 0 Å². The van der Waals surface area contributed by atoms with Crippen molar-refractivity contribution in [2.75, 3.05) is 32.0 Å². The van der Waals surface area contributed by atoms with Crippen LogP contribution in [-0.2, 0) is 9.59 Å². The predicted molar refractivity (Wildman–Crippen MR) is 183 cm³/mol. The highest BCUT2D eigenvalue weighted by Crippen LogP contribution is 2.36. The zero-order chi connectivity index (χ0) is 33.2. The van der Waals surface area contributed by atoms with Crippen molar-refractivity contribution in [2.45, 2.75) is 24.0 Å². The molecule has 4 aromatic carbocycles. The Bertz CT molecular complexity index is 1760. The normalized spacial score (nSPS) is 11.7. The average Bonchev–Trinajstić information content (AvgIpc) is 3.06. The van der Waals surface area contributed by atoms with Gasteiger partial charge in [0.1, 0.15) is 11.4 Å². The minimum absolute atomic E-state index is 0.0398. The van der Waals surface area contributed by atoms with Gasteiger partial charge in [-0.05, 0) is 74.0 Å². The SMILES string of the molecule is COc1cc(OC)c(OC)cc1/C=C(/NC(=O)c1ccccc1)C(=O)Nc1cccc(SC(C)C(=O)Nc2cc(Cl)ccc2C)c1. The summed E-state index contributed by atoms with van der Waals surface area (Å²) in [5.41, 5.74) is 2.81. The molecule has 1 atom stereocenters. The van der Waals surface area contributed by atoms with Gasteiger partial charge in [0.05, 0.1) is 26.6 Å². The van der Waals surface area contributed by atoms with Crippen LogP contribution in [0.2, 0.25) is 5.02 Å². The number of halogens is 1. The van der Waals surface area contributed by atoms with E-state index < -0.39 is 17.1 Å². The van der Waals surface area contributed by atoms with Crippen LogP contribution in [0.1, 0.15) is 28.4 Å². The molecule has 0 heterocycles. The molecule has 4 rings (SSSR count). The van der Waals surface area contributed by atoms with Crippen molar-refractivity contribution in [3.63, 3.8) is 0 Å². The third-order valence-corrected chi connectivity index (χ3v) is 8.12. The first-order valence-electron chi connectivity index (χ1n) is 14.1. The van der Waals surface area contributed by atoms with Crippen molar-refractivity contribution in [1.29, 1.82) is 0 Å². The molecule has 238 valence electrons. The molecule has 3 N–H and O–H groups in total. The number of amides is 3. The lowest BCUT2D eigenvalue weighted by atomic mass is 10.1. The van der Waals surface area contributed by atoms with Crippen LogP contribution in [0.5, 0.6) is 17.2 Å². The number of thioether (sulfide) groups is 1. The predicted octanol–water partition coefficient (Wildman–Crippen LogP) is 7.20. The Balaban J connectivity index is 1.58. The van der Waals surface area contributed by atoms with Gasteiger partial charge in [-0.3, -0.25) is 14.4 Å². The van der Waals surface area contributed by atoms with E-state index in [0.29, 0.717) is 44.8 Å². The maximum Gasteiger partial charge on any atom is 0.272 e. The molecule has 0 bridgehead atoms. The summed E-state index contributed by atoms with van der Waals surface area (Å²) in [4.78, 5) is 40.5. The summed E-state index contributed by atoms with van der Waals surface area (Å²) in [5.74, 6) is 0.0110. The Morgan fingerprint density at radius 3 is 2.20 bits per heavy atom. The first kappa shape index (κ1) is 34.0. The molecule has 0 saturated carbocycles. The zero-order valence-corrected chi connectivity index (χ0v) is 27.5. The minimum atomic E-state index is -0.578. The summed E-state index contributed by atoms with van der Waals surface area (Å²) in [6, 6.07) is 24.2. The second-order valence-corrected chi connectivity index (χ2v) is 11.9. The third kappa shape index (κ3) is 8.83. The summed E-state index contributed by atoms with van der Waals surface area (Å²) in [6.07, 6.45) is 1.50. The number of carbonyl (C=O) groups is 3. The van der Waals surface area contributed by atoms with Crippen LogP contribution < -0.4 is 30.2 Å². The van der Waals surface area contributed by atoms with Crippen LogP contribution >= 0.6 is 23.4 Å². The molecule has 0 fully saturated rings. The van der Waals surface area contributed by atoms with Gasteiger partial charge in [-0.15, -0.1) is 11.8 Å². The number of nitrogens with one attached hydrogen (secondary N) is 3. The minimum Gasteiger partial charge on any atom is -0.496 e. The number of rotatable bonds is 12. The fraction of sp³-hybridized carbons (Fsp3) is 0.171. The first-order valence-corrected chi connectivity index (χ1v) is 15.4. The van der Waals surface area contributed by atoms with Crippen molar-refractivity contribution >= 4 is 58.5 Å². The molecular formula is C35H34ClN3O6S. The number of hydrogen-bond donors (Lipinski definition) is 3. The summed E-state index contributed by atoms with van der Waals surface area (Å²) in [5, 5.41) is 8.58. The molecule has 4 aromatic rings. The lowest BCUT2D eigenvalue weighted by Gasteiger charge is -2.16. The molecule has 0 saturated heterocycles. The van der Waals surface area contributed by atoms with Crippen LogP contribution in [0.4, 0.5) is 11.4 Å². The Labute approximate surface area is 277 Å². The molecule has 9 nitrogen and oxygen atoms in total. The van der Waals surface area contributed by atoms with E-state index in [1.165, 1.54) is 39.2 Å². The molecule has 0 aliphatic rings. The second kappa shape index (κ2) is 15.9. The molecule has 11 heteroatoms. The highest BCUT2D eigenvalue weighted by atomic mass is 35.5. The van der Waals surface area contributed by atoms with Crippen molar-refractivity contribution in [2.24, 2.45) is 0 Å². The highest BCUT2D eigenvalue weighted by Gasteiger charge is 2.19. The van der Waals surface area contributed by atoms with Crippen molar-refractivity contribution in [1.82, 2.24) is 5.32 Å². The van der Waals surface area contributed by atoms with Crippen LogP contribution in [0.15, 0.2) is 95.5 Å². The van der Waals surface area contributed by atoms with Crippen LogP contribution in [0.25, 0.3) is 6.08 Å². The Kier molecular flexibility index (Phi) is 11.7. The first-order chi connectivity index (χ1) is 22.1. The molecule has 1 unspecified atom stereocenters. The molecule has 0 aliphatic heterocycles. The Morgan fingerprint density at radius 2 is 1.50 bits per heavy atom. The van der Waals surface area contributed by atoms with E-state index in [-0.39, 0.29) is 11.6 Å². The van der Waals surface area contributed by atoms with E-state index in [9.17, 15) is 14.4 Å². The fourth-order valence-corrected chi connectivity index (χ4v) is 5.43. The maximum atomic E-state index is 13.7. The molecule has 0 radical (unpaired) electrons. The summed E-state index contributed by atoms with van der Waals surface area (Å²) >= 11 is 7.43. The number of benzene rings is 4. The Morgan fingerprint density at radius 1 is 0.804 bits per heavy atom. The summed E-state index contributed by atoms with van der Waals surface area (Å²) in [7, 11) is 4.49. The molecule has 3 amide bonds. The topological polar surface area (TPSA) is 115 Å². The number of ether oxygens (including phenoxy) is 3. The van der Waals surface area contributed by atoms with Gasteiger partial charge in [-0.1, -0.05) is 41.9 Å². The molecule has 0 spiro atoms. The maximum absolute atomic E-state index is 13.7. The number of hydrogen-bond acceptors (Lipinski definition) is 7. The number of aryl methyl sites for hydroxylation is 1. The van der Waals surface area contributed by atoms with Gasteiger partial charge in [-0.25, -0.2) is 0 Å². The number of anilines is 2. The van der Waals surface area contributed by atoms with E-state index in [2.05, 4.69) is 16.0 Å². The largest absolute Gasteiger partial charge is 0.496 e. The molecule has 0 aliphatic carbocycles. The van der Waals surface area contributed by atoms with Gasteiger partial charge in [0.15, 0.2) is 11.5 Å². The standard InChI is InChI=1S/C35H34ClN3O6S/c1-21-14-15-25(36)18-28(21)38-33(40)22(2)46-27-13-9-12-26(19-27)37-35(42)29(39-34(41)23-10-7-6-8-11-23)16-24-17-31(44-4)32(45-5)20-30(24)43-3/h6-20,22H,1-5H3,(H,37,42)(H,38,40)(H,39,41)/b29-16+. The fourth-order valence-electron chi connectivity index (χ4n) is 4.33. The van der Waals surface area contributed by atoms with Crippen molar-refractivity contribution in [3.05, 3.63) is 112 Å². The molecule has 0 aromatic heterocycles. The molecule has 46 heavy (non-hydrogen) atoms.